The molecule has 0 unspecified atom stereocenters. The van der Waals surface area contributed by atoms with Crippen molar-refractivity contribution in [2.24, 2.45) is 0 Å². The third kappa shape index (κ3) is 2.72. The zero-order chi connectivity index (χ0) is 16.2. The molecular formula is C17H14N4O2. The fraction of sp³-hybridized carbons (Fsp3) is 0.118. The Morgan fingerprint density at radius 3 is 2.70 bits per heavy atom. The van der Waals surface area contributed by atoms with Gasteiger partial charge in [0.05, 0.1) is 25.9 Å². The molecular weight excluding hydrogens is 292 g/mol. The van der Waals surface area contributed by atoms with E-state index >= 15 is 0 Å². The Labute approximate surface area is 133 Å². The Morgan fingerprint density at radius 1 is 1.09 bits per heavy atom. The van der Waals surface area contributed by atoms with Crippen LogP contribution in [0, 0.1) is 11.3 Å². The third-order valence-corrected chi connectivity index (χ3v) is 3.40. The third-order valence-electron chi connectivity index (χ3n) is 3.40. The lowest BCUT2D eigenvalue weighted by Crippen LogP contribution is -1.99. The molecule has 0 aliphatic heterocycles. The molecule has 6 heteroatoms. The van der Waals surface area contributed by atoms with Gasteiger partial charge in [-0.05, 0) is 30.3 Å². The zero-order valence-corrected chi connectivity index (χ0v) is 12.7. The maximum absolute atomic E-state index is 8.99. The molecule has 0 bridgehead atoms. The Morgan fingerprint density at radius 2 is 1.96 bits per heavy atom. The summed E-state index contributed by atoms with van der Waals surface area (Å²) >= 11 is 0. The number of benzene rings is 2. The molecule has 1 aromatic heterocycles. The zero-order valence-electron chi connectivity index (χ0n) is 12.7. The van der Waals surface area contributed by atoms with E-state index in [2.05, 4.69) is 21.4 Å². The molecule has 0 aliphatic rings. The van der Waals surface area contributed by atoms with Crippen molar-refractivity contribution in [1.29, 1.82) is 5.26 Å². The molecule has 0 atom stereocenters. The van der Waals surface area contributed by atoms with Gasteiger partial charge in [-0.25, -0.2) is 9.97 Å². The highest BCUT2D eigenvalue weighted by Crippen LogP contribution is 2.36. The number of hydrogen-bond acceptors (Lipinski definition) is 6. The summed E-state index contributed by atoms with van der Waals surface area (Å²) in [4.78, 5) is 8.58. The average Bonchev–Trinajstić information content (AvgIpc) is 2.61. The van der Waals surface area contributed by atoms with Crippen LogP contribution in [0.2, 0.25) is 0 Å². The van der Waals surface area contributed by atoms with Gasteiger partial charge in [0.2, 0.25) is 0 Å². The van der Waals surface area contributed by atoms with E-state index in [0.29, 0.717) is 28.4 Å². The first-order valence-electron chi connectivity index (χ1n) is 6.89. The van der Waals surface area contributed by atoms with Gasteiger partial charge in [0, 0.05) is 11.1 Å². The minimum absolute atomic E-state index is 0.557. The summed E-state index contributed by atoms with van der Waals surface area (Å²) in [5, 5.41) is 13.0. The molecule has 0 amide bonds. The van der Waals surface area contributed by atoms with Crippen molar-refractivity contribution in [2.45, 2.75) is 0 Å². The lowest BCUT2D eigenvalue weighted by Gasteiger charge is -2.12. The largest absolute Gasteiger partial charge is 0.493 e. The van der Waals surface area contributed by atoms with E-state index in [-0.39, 0.29) is 0 Å². The van der Waals surface area contributed by atoms with Crippen LogP contribution >= 0.6 is 0 Å². The van der Waals surface area contributed by atoms with Crippen molar-refractivity contribution in [3.05, 3.63) is 48.3 Å². The highest BCUT2D eigenvalue weighted by molar-refractivity contribution is 5.95. The second-order valence-electron chi connectivity index (χ2n) is 4.74. The van der Waals surface area contributed by atoms with Crippen LogP contribution in [-0.4, -0.2) is 24.2 Å². The van der Waals surface area contributed by atoms with E-state index in [4.69, 9.17) is 14.7 Å². The van der Waals surface area contributed by atoms with Crippen molar-refractivity contribution >= 4 is 22.4 Å². The molecule has 1 heterocycles. The fourth-order valence-corrected chi connectivity index (χ4v) is 2.35. The van der Waals surface area contributed by atoms with E-state index in [9.17, 15) is 0 Å². The first-order valence-corrected chi connectivity index (χ1v) is 6.89. The second kappa shape index (κ2) is 6.20. The maximum Gasteiger partial charge on any atom is 0.187 e. The molecule has 0 saturated heterocycles. The summed E-state index contributed by atoms with van der Waals surface area (Å²) in [7, 11) is 3.15. The highest BCUT2D eigenvalue weighted by Gasteiger charge is 2.13. The van der Waals surface area contributed by atoms with Crippen LogP contribution < -0.4 is 14.8 Å². The summed E-state index contributed by atoms with van der Waals surface area (Å²) in [5.74, 6) is 1.79. The molecule has 0 aliphatic carbocycles. The number of methoxy groups -OCH3 is 2. The number of nitrogens with one attached hydrogen (secondary N) is 1. The smallest absolute Gasteiger partial charge is 0.187 e. The van der Waals surface area contributed by atoms with Gasteiger partial charge < -0.3 is 14.8 Å². The van der Waals surface area contributed by atoms with Gasteiger partial charge in [-0.2, -0.15) is 5.26 Å². The van der Waals surface area contributed by atoms with Crippen LogP contribution in [0.3, 0.4) is 0 Å². The van der Waals surface area contributed by atoms with Crippen molar-refractivity contribution in [2.75, 3.05) is 19.5 Å². The standard InChI is InChI=1S/C17H14N4O2/c1-22-14-7-6-13-15(16(14)23-2)19-10-20-17(13)21-12-5-3-4-11(8-12)9-18/h3-8,10H,1-2H3,(H,19,20,21). The quantitative estimate of drug-likeness (QED) is 0.797. The van der Waals surface area contributed by atoms with E-state index in [1.54, 1.807) is 32.4 Å². The van der Waals surface area contributed by atoms with Gasteiger partial charge in [-0.1, -0.05) is 6.07 Å². The first kappa shape index (κ1) is 14.6. The summed E-state index contributed by atoms with van der Waals surface area (Å²) in [6, 6.07) is 13.0. The van der Waals surface area contributed by atoms with Crippen molar-refractivity contribution in [1.82, 2.24) is 9.97 Å². The van der Waals surface area contributed by atoms with E-state index in [1.807, 2.05) is 18.2 Å². The molecule has 1 N–H and O–H groups in total. The van der Waals surface area contributed by atoms with Gasteiger partial charge in [-0.3, -0.25) is 0 Å². The number of aromatic nitrogens is 2. The Bertz CT molecular complexity index is 903. The summed E-state index contributed by atoms with van der Waals surface area (Å²) in [6.45, 7) is 0. The predicted octanol–water partition coefficient (Wildman–Crippen LogP) is 3.26. The molecule has 3 aromatic rings. The number of nitriles is 1. The average molecular weight is 306 g/mol. The lowest BCUT2D eigenvalue weighted by atomic mass is 10.2. The number of anilines is 2. The van der Waals surface area contributed by atoms with Gasteiger partial charge in [0.15, 0.2) is 11.5 Å². The normalized spacial score (nSPS) is 10.1. The number of rotatable bonds is 4. The Kier molecular flexibility index (Phi) is 3.93. The van der Waals surface area contributed by atoms with Crippen LogP contribution in [0.5, 0.6) is 11.5 Å². The van der Waals surface area contributed by atoms with Gasteiger partial charge in [-0.15, -0.1) is 0 Å². The molecule has 23 heavy (non-hydrogen) atoms. The lowest BCUT2D eigenvalue weighted by molar-refractivity contribution is 0.358. The van der Waals surface area contributed by atoms with Crippen LogP contribution in [-0.2, 0) is 0 Å². The molecule has 114 valence electrons. The van der Waals surface area contributed by atoms with Gasteiger partial charge in [0.1, 0.15) is 17.7 Å². The van der Waals surface area contributed by atoms with E-state index < -0.39 is 0 Å². The number of ether oxygens (including phenoxy) is 2. The van der Waals surface area contributed by atoms with Gasteiger partial charge in [0.25, 0.3) is 0 Å². The van der Waals surface area contributed by atoms with Crippen LogP contribution in [0.15, 0.2) is 42.7 Å². The van der Waals surface area contributed by atoms with Crippen LogP contribution in [0.4, 0.5) is 11.5 Å². The topological polar surface area (TPSA) is 80.1 Å². The Balaban J connectivity index is 2.10. The molecule has 0 fully saturated rings. The predicted molar refractivity (Wildman–Crippen MR) is 87.1 cm³/mol. The number of nitrogens with zero attached hydrogens (tertiary/aromatic N) is 3. The molecule has 2 aromatic carbocycles. The summed E-state index contributed by atoms with van der Waals surface area (Å²) in [5.41, 5.74) is 2.01. The number of hydrogen-bond donors (Lipinski definition) is 1. The molecule has 0 spiro atoms. The maximum atomic E-state index is 8.99. The molecule has 6 nitrogen and oxygen atoms in total. The second-order valence-corrected chi connectivity index (χ2v) is 4.74. The fourth-order valence-electron chi connectivity index (χ4n) is 2.35. The van der Waals surface area contributed by atoms with Gasteiger partial charge >= 0.3 is 0 Å². The minimum Gasteiger partial charge on any atom is -0.493 e. The highest BCUT2D eigenvalue weighted by atomic mass is 16.5. The number of fused-ring (bicyclic) bond motifs is 1. The van der Waals surface area contributed by atoms with Crippen LogP contribution in [0.25, 0.3) is 10.9 Å². The molecule has 3 rings (SSSR count). The monoisotopic (exact) mass is 306 g/mol. The van der Waals surface area contributed by atoms with Crippen molar-refractivity contribution < 1.29 is 9.47 Å². The van der Waals surface area contributed by atoms with E-state index in [1.165, 1.54) is 6.33 Å². The molecule has 0 radical (unpaired) electrons. The molecule has 0 saturated carbocycles. The van der Waals surface area contributed by atoms with Crippen LogP contribution in [0.1, 0.15) is 5.56 Å². The minimum atomic E-state index is 0.557. The SMILES string of the molecule is COc1ccc2c(Nc3cccc(C#N)c3)ncnc2c1OC. The van der Waals surface area contributed by atoms with E-state index in [0.717, 1.165) is 11.1 Å². The Hall–Kier alpha value is -3.33. The van der Waals surface area contributed by atoms with Crippen molar-refractivity contribution in [3.8, 4) is 17.6 Å². The summed E-state index contributed by atoms with van der Waals surface area (Å²) < 4.78 is 10.7. The van der Waals surface area contributed by atoms with Crippen molar-refractivity contribution in [3.63, 3.8) is 0 Å². The first-order chi connectivity index (χ1) is 11.3. The summed E-state index contributed by atoms with van der Waals surface area (Å²) in [6.07, 6.45) is 1.46.